The zero-order chi connectivity index (χ0) is 24.7. The van der Waals surface area contributed by atoms with E-state index in [0.29, 0.717) is 22.6 Å². The van der Waals surface area contributed by atoms with Gasteiger partial charge >= 0.3 is 5.97 Å². The van der Waals surface area contributed by atoms with Crippen LogP contribution in [-0.2, 0) is 30.6 Å². The summed E-state index contributed by atoms with van der Waals surface area (Å²) in [5.74, 6) is -0.702. The number of anilines is 1. The van der Waals surface area contributed by atoms with Crippen LogP contribution in [0, 0.1) is 11.3 Å². The second-order valence-electron chi connectivity index (χ2n) is 6.99. The van der Waals surface area contributed by atoms with Gasteiger partial charge in [-0.25, -0.2) is 13.4 Å². The summed E-state index contributed by atoms with van der Waals surface area (Å²) in [5.41, 5.74) is 1.30. The number of sulfone groups is 1. The zero-order valence-electron chi connectivity index (χ0n) is 18.3. The molecule has 1 unspecified atom stereocenters. The van der Waals surface area contributed by atoms with E-state index in [1.165, 1.54) is 31.4 Å². The summed E-state index contributed by atoms with van der Waals surface area (Å²) in [7, 11) is -2.13. The van der Waals surface area contributed by atoms with Gasteiger partial charge in [-0.15, -0.1) is 11.3 Å². The Kier molecular flexibility index (Phi) is 7.99. The minimum absolute atomic E-state index is 0.0264. The molecular formula is C23H21N3O6S2. The van der Waals surface area contributed by atoms with Crippen LogP contribution in [0.1, 0.15) is 29.8 Å². The molecule has 9 nitrogen and oxygen atoms in total. The number of carbonyl (C=O) groups is 2. The third-order valence-electron chi connectivity index (χ3n) is 4.73. The summed E-state index contributed by atoms with van der Waals surface area (Å²) in [6, 6.07) is 14.1. The Balaban J connectivity index is 1.87. The molecule has 1 aromatic heterocycles. The number of methoxy groups -OCH3 is 1. The molecule has 0 fully saturated rings. The average molecular weight is 500 g/mol. The molecule has 2 aromatic carbocycles. The fourth-order valence-electron chi connectivity index (χ4n) is 2.87. The lowest BCUT2D eigenvalue weighted by molar-refractivity contribution is -0.139. The molecule has 0 saturated carbocycles. The lowest BCUT2D eigenvalue weighted by Gasteiger charge is -2.19. The van der Waals surface area contributed by atoms with Gasteiger partial charge in [0.2, 0.25) is 6.10 Å². The number of carbonyl (C=O) groups excluding carboxylic acids is 2. The molecule has 1 N–H and O–H groups in total. The van der Waals surface area contributed by atoms with Gasteiger partial charge in [0, 0.05) is 10.9 Å². The lowest BCUT2D eigenvalue weighted by Crippen LogP contribution is -2.25. The molecule has 3 aromatic rings. The van der Waals surface area contributed by atoms with E-state index in [1.807, 2.05) is 6.07 Å². The molecule has 3 rings (SSSR count). The molecule has 1 amide bonds. The summed E-state index contributed by atoms with van der Waals surface area (Å²) in [6.07, 6.45) is -1.17. The van der Waals surface area contributed by atoms with Gasteiger partial charge < -0.3 is 9.47 Å². The van der Waals surface area contributed by atoms with Crippen molar-refractivity contribution in [1.82, 2.24) is 4.98 Å². The van der Waals surface area contributed by atoms with Gasteiger partial charge in [0.05, 0.1) is 41.5 Å². The number of nitriles is 1. The van der Waals surface area contributed by atoms with Crippen LogP contribution in [-0.4, -0.2) is 38.1 Å². The number of amides is 1. The van der Waals surface area contributed by atoms with E-state index < -0.39 is 27.8 Å². The van der Waals surface area contributed by atoms with Crippen LogP contribution in [0.15, 0.2) is 58.8 Å². The second-order valence-corrected chi connectivity index (χ2v) is 10.1. The molecule has 0 aliphatic heterocycles. The maximum absolute atomic E-state index is 13.1. The Hall–Kier alpha value is -3.75. The predicted octanol–water partition coefficient (Wildman–Crippen LogP) is 3.28. The number of hydrogen-bond donors (Lipinski definition) is 1. The van der Waals surface area contributed by atoms with Crippen LogP contribution in [0.5, 0.6) is 5.75 Å². The lowest BCUT2D eigenvalue weighted by atomic mass is 10.1. The largest absolute Gasteiger partial charge is 0.476 e. The topological polar surface area (TPSA) is 135 Å². The fraction of sp³-hybridized carbons (Fsp3) is 0.217. The molecule has 0 saturated heterocycles. The molecule has 176 valence electrons. The van der Waals surface area contributed by atoms with Crippen LogP contribution in [0.3, 0.4) is 0 Å². The first kappa shape index (κ1) is 24.9. The zero-order valence-corrected chi connectivity index (χ0v) is 20.0. The Labute approximate surface area is 200 Å². The number of benzene rings is 2. The number of esters is 1. The highest BCUT2D eigenvalue weighted by atomic mass is 32.2. The van der Waals surface area contributed by atoms with E-state index in [1.54, 1.807) is 36.6 Å². The van der Waals surface area contributed by atoms with E-state index in [-0.39, 0.29) is 22.2 Å². The number of nitrogens with one attached hydrogen (secondary N) is 1. The predicted molar refractivity (Wildman–Crippen MR) is 125 cm³/mol. The Morgan fingerprint density at radius 1 is 1.15 bits per heavy atom. The van der Waals surface area contributed by atoms with Crippen molar-refractivity contribution in [3.8, 4) is 11.8 Å². The van der Waals surface area contributed by atoms with Crippen molar-refractivity contribution in [2.45, 2.75) is 24.3 Å². The second kappa shape index (κ2) is 10.9. The molecule has 0 spiro atoms. The summed E-state index contributed by atoms with van der Waals surface area (Å²) in [4.78, 5) is 28.9. The summed E-state index contributed by atoms with van der Waals surface area (Å²) in [6.45, 7) is 1.55. The van der Waals surface area contributed by atoms with Gasteiger partial charge in [-0.05, 0) is 36.4 Å². The highest BCUT2D eigenvalue weighted by Crippen LogP contribution is 2.26. The molecule has 0 aliphatic rings. The highest BCUT2D eigenvalue weighted by molar-refractivity contribution is 7.91. The summed E-state index contributed by atoms with van der Waals surface area (Å²) in [5, 5.41) is 13.6. The van der Waals surface area contributed by atoms with Crippen molar-refractivity contribution in [2.24, 2.45) is 0 Å². The minimum Gasteiger partial charge on any atom is -0.476 e. The number of aromatic nitrogens is 1. The average Bonchev–Trinajstić information content (AvgIpc) is 3.29. The van der Waals surface area contributed by atoms with Crippen LogP contribution < -0.4 is 10.1 Å². The third-order valence-corrected chi connectivity index (χ3v) is 7.29. The van der Waals surface area contributed by atoms with Crippen molar-refractivity contribution in [3.63, 3.8) is 0 Å². The number of ether oxygens (including phenoxy) is 2. The van der Waals surface area contributed by atoms with Gasteiger partial charge in [-0.3, -0.25) is 14.9 Å². The molecule has 0 bridgehead atoms. The Morgan fingerprint density at radius 3 is 2.41 bits per heavy atom. The van der Waals surface area contributed by atoms with Crippen LogP contribution >= 0.6 is 11.3 Å². The first-order chi connectivity index (χ1) is 16.2. The first-order valence-electron chi connectivity index (χ1n) is 10.1. The van der Waals surface area contributed by atoms with Crippen molar-refractivity contribution in [3.05, 3.63) is 70.7 Å². The van der Waals surface area contributed by atoms with Crippen molar-refractivity contribution in [1.29, 1.82) is 5.26 Å². The number of hydrogen-bond acceptors (Lipinski definition) is 9. The standard InChI is InChI=1S/C23H21N3O6S2/c1-3-34(29,30)19-10-6-16(7-11-19)21(32-18-8-4-15(13-24)5-9-18)22(28)26-23-25-17(14-33-23)12-20(27)31-2/h4-11,14,21H,3,12H2,1-2H3,(H,25,26,28). The molecule has 1 heterocycles. The van der Waals surface area contributed by atoms with Gasteiger partial charge in [0.15, 0.2) is 15.0 Å². The molecule has 0 radical (unpaired) electrons. The number of thiazole rings is 1. The van der Waals surface area contributed by atoms with Gasteiger partial charge in [-0.2, -0.15) is 5.26 Å². The van der Waals surface area contributed by atoms with E-state index >= 15 is 0 Å². The molecule has 11 heteroatoms. The molecular weight excluding hydrogens is 478 g/mol. The summed E-state index contributed by atoms with van der Waals surface area (Å²) >= 11 is 1.14. The summed E-state index contributed by atoms with van der Waals surface area (Å²) < 4.78 is 34.8. The third kappa shape index (κ3) is 6.18. The normalized spacial score (nSPS) is 11.8. The smallest absolute Gasteiger partial charge is 0.311 e. The van der Waals surface area contributed by atoms with E-state index in [9.17, 15) is 18.0 Å². The number of nitrogens with zero attached hydrogens (tertiary/aromatic N) is 2. The fourth-order valence-corrected chi connectivity index (χ4v) is 4.47. The van der Waals surface area contributed by atoms with Crippen molar-refractivity contribution in [2.75, 3.05) is 18.2 Å². The monoisotopic (exact) mass is 499 g/mol. The molecule has 34 heavy (non-hydrogen) atoms. The van der Waals surface area contributed by atoms with E-state index in [2.05, 4.69) is 15.0 Å². The maximum Gasteiger partial charge on any atom is 0.311 e. The van der Waals surface area contributed by atoms with Crippen molar-refractivity contribution < 1.29 is 27.5 Å². The van der Waals surface area contributed by atoms with Gasteiger partial charge in [0.1, 0.15) is 5.75 Å². The van der Waals surface area contributed by atoms with Crippen LogP contribution in [0.2, 0.25) is 0 Å². The van der Waals surface area contributed by atoms with Gasteiger partial charge in [0.25, 0.3) is 5.91 Å². The van der Waals surface area contributed by atoms with Crippen LogP contribution in [0.4, 0.5) is 5.13 Å². The molecule has 0 aliphatic carbocycles. The van der Waals surface area contributed by atoms with Crippen LogP contribution in [0.25, 0.3) is 0 Å². The minimum atomic E-state index is -3.40. The van der Waals surface area contributed by atoms with Gasteiger partial charge in [-0.1, -0.05) is 19.1 Å². The number of rotatable bonds is 9. The first-order valence-corrected chi connectivity index (χ1v) is 12.6. The van der Waals surface area contributed by atoms with E-state index in [0.717, 1.165) is 11.3 Å². The van der Waals surface area contributed by atoms with E-state index in [4.69, 9.17) is 10.00 Å². The van der Waals surface area contributed by atoms with Crippen molar-refractivity contribution >= 4 is 38.2 Å². The SMILES string of the molecule is CCS(=O)(=O)c1ccc(C(Oc2ccc(C#N)cc2)C(=O)Nc2nc(CC(=O)OC)cs2)cc1. The Morgan fingerprint density at radius 2 is 1.82 bits per heavy atom. The highest BCUT2D eigenvalue weighted by Gasteiger charge is 2.25. The maximum atomic E-state index is 13.1. The molecule has 1 atom stereocenters. The quantitative estimate of drug-likeness (QED) is 0.443. The Bertz CT molecular complexity index is 1310.